The van der Waals surface area contributed by atoms with E-state index >= 15 is 0 Å². The highest BCUT2D eigenvalue weighted by molar-refractivity contribution is 5.37. The van der Waals surface area contributed by atoms with E-state index < -0.39 is 0 Å². The number of aryl methyl sites for hydroxylation is 1. The average molecular weight is 233 g/mol. The minimum absolute atomic E-state index is 0.765. The van der Waals surface area contributed by atoms with Crippen molar-refractivity contribution < 1.29 is 0 Å². The van der Waals surface area contributed by atoms with E-state index in [-0.39, 0.29) is 0 Å². The summed E-state index contributed by atoms with van der Waals surface area (Å²) in [6, 6.07) is 4.24. The average Bonchev–Trinajstić information content (AvgIpc) is 2.37. The van der Waals surface area contributed by atoms with Crippen molar-refractivity contribution >= 4 is 5.82 Å². The SMILES string of the molecule is CCc1ccnc(NCC2CCCN(C)C2)c1. The van der Waals surface area contributed by atoms with Crippen LogP contribution in [-0.2, 0) is 6.42 Å². The van der Waals surface area contributed by atoms with Crippen LogP contribution in [0, 0.1) is 5.92 Å². The van der Waals surface area contributed by atoms with Crippen LogP contribution in [0.3, 0.4) is 0 Å². The minimum atomic E-state index is 0.765. The van der Waals surface area contributed by atoms with E-state index in [2.05, 4.69) is 41.3 Å². The van der Waals surface area contributed by atoms with Gasteiger partial charge in [-0.25, -0.2) is 4.98 Å². The Hall–Kier alpha value is -1.09. The molecule has 1 aromatic rings. The van der Waals surface area contributed by atoms with E-state index in [0.29, 0.717) is 0 Å². The fourth-order valence-corrected chi connectivity index (χ4v) is 2.48. The highest BCUT2D eigenvalue weighted by Gasteiger charge is 2.16. The van der Waals surface area contributed by atoms with Crippen LogP contribution in [0.25, 0.3) is 0 Å². The maximum atomic E-state index is 4.37. The van der Waals surface area contributed by atoms with Crippen molar-refractivity contribution in [2.45, 2.75) is 26.2 Å². The summed E-state index contributed by atoms with van der Waals surface area (Å²) >= 11 is 0. The number of pyridine rings is 1. The van der Waals surface area contributed by atoms with Gasteiger partial charge in [0.15, 0.2) is 0 Å². The third-order valence-electron chi connectivity index (χ3n) is 3.53. The number of rotatable bonds is 4. The zero-order valence-electron chi connectivity index (χ0n) is 10.9. The van der Waals surface area contributed by atoms with Gasteiger partial charge in [0.1, 0.15) is 5.82 Å². The Morgan fingerprint density at radius 1 is 1.53 bits per heavy atom. The maximum Gasteiger partial charge on any atom is 0.126 e. The van der Waals surface area contributed by atoms with Crippen LogP contribution >= 0.6 is 0 Å². The highest BCUT2D eigenvalue weighted by Crippen LogP contribution is 2.16. The maximum absolute atomic E-state index is 4.37. The van der Waals surface area contributed by atoms with E-state index in [9.17, 15) is 0 Å². The summed E-state index contributed by atoms with van der Waals surface area (Å²) in [4.78, 5) is 6.79. The predicted molar refractivity (Wildman–Crippen MR) is 72.3 cm³/mol. The lowest BCUT2D eigenvalue weighted by Gasteiger charge is -2.29. The first-order chi connectivity index (χ1) is 8.28. The summed E-state index contributed by atoms with van der Waals surface area (Å²) in [5, 5.41) is 3.47. The first-order valence-corrected chi connectivity index (χ1v) is 6.65. The number of anilines is 1. The van der Waals surface area contributed by atoms with Crippen LogP contribution < -0.4 is 5.32 Å². The molecule has 3 heteroatoms. The van der Waals surface area contributed by atoms with Crippen LogP contribution in [0.1, 0.15) is 25.3 Å². The van der Waals surface area contributed by atoms with Gasteiger partial charge in [-0.05, 0) is 56.5 Å². The minimum Gasteiger partial charge on any atom is -0.370 e. The summed E-state index contributed by atoms with van der Waals surface area (Å²) in [6.45, 7) is 5.68. The molecule has 1 saturated heterocycles. The Bertz CT molecular complexity index is 351. The zero-order chi connectivity index (χ0) is 12.1. The first-order valence-electron chi connectivity index (χ1n) is 6.65. The van der Waals surface area contributed by atoms with Crippen LogP contribution in [0.4, 0.5) is 5.82 Å². The number of likely N-dealkylation sites (tertiary alicyclic amines) is 1. The fourth-order valence-electron chi connectivity index (χ4n) is 2.48. The zero-order valence-corrected chi connectivity index (χ0v) is 10.9. The van der Waals surface area contributed by atoms with Gasteiger partial charge < -0.3 is 10.2 Å². The molecule has 0 saturated carbocycles. The summed E-state index contributed by atoms with van der Waals surface area (Å²) in [6.07, 6.45) is 5.63. The largest absolute Gasteiger partial charge is 0.370 e. The molecule has 1 aromatic heterocycles. The molecule has 1 N–H and O–H groups in total. The normalized spacial score (nSPS) is 21.4. The fraction of sp³-hybridized carbons (Fsp3) is 0.643. The molecule has 0 aliphatic carbocycles. The number of hydrogen-bond acceptors (Lipinski definition) is 3. The van der Waals surface area contributed by atoms with Crippen LogP contribution in [0.5, 0.6) is 0 Å². The van der Waals surface area contributed by atoms with Crippen LogP contribution in [-0.4, -0.2) is 36.6 Å². The number of nitrogens with zero attached hydrogens (tertiary/aromatic N) is 2. The number of nitrogens with one attached hydrogen (secondary N) is 1. The second-order valence-corrected chi connectivity index (χ2v) is 5.05. The third kappa shape index (κ3) is 3.70. The van der Waals surface area contributed by atoms with E-state index in [1.165, 1.54) is 31.5 Å². The molecule has 3 nitrogen and oxygen atoms in total. The van der Waals surface area contributed by atoms with Crippen LogP contribution in [0.2, 0.25) is 0 Å². The molecular weight excluding hydrogens is 210 g/mol. The molecular formula is C14H23N3. The van der Waals surface area contributed by atoms with Crippen molar-refractivity contribution in [3.05, 3.63) is 23.9 Å². The van der Waals surface area contributed by atoms with Crippen molar-refractivity contribution in [3.8, 4) is 0 Å². The molecule has 1 aliphatic heterocycles. The Morgan fingerprint density at radius 2 is 2.41 bits per heavy atom. The molecule has 0 aromatic carbocycles. The van der Waals surface area contributed by atoms with Gasteiger partial charge in [-0.2, -0.15) is 0 Å². The molecule has 0 bridgehead atoms. The molecule has 1 fully saturated rings. The van der Waals surface area contributed by atoms with Gasteiger partial charge in [0.2, 0.25) is 0 Å². The van der Waals surface area contributed by atoms with Gasteiger partial charge in [-0.15, -0.1) is 0 Å². The number of hydrogen-bond donors (Lipinski definition) is 1. The van der Waals surface area contributed by atoms with E-state index in [0.717, 1.165) is 24.7 Å². The topological polar surface area (TPSA) is 28.2 Å². The quantitative estimate of drug-likeness (QED) is 0.865. The van der Waals surface area contributed by atoms with Gasteiger partial charge in [0.05, 0.1) is 0 Å². The third-order valence-corrected chi connectivity index (χ3v) is 3.53. The Morgan fingerprint density at radius 3 is 3.18 bits per heavy atom. The molecule has 1 aliphatic rings. The summed E-state index contributed by atoms with van der Waals surface area (Å²) in [5.74, 6) is 1.79. The van der Waals surface area contributed by atoms with Gasteiger partial charge in [-0.3, -0.25) is 0 Å². The molecule has 94 valence electrons. The second kappa shape index (κ2) is 6.01. The number of piperidine rings is 1. The summed E-state index contributed by atoms with van der Waals surface area (Å²) in [5.41, 5.74) is 1.35. The lowest BCUT2D eigenvalue weighted by atomic mass is 9.98. The van der Waals surface area contributed by atoms with Crippen molar-refractivity contribution in [1.29, 1.82) is 0 Å². The predicted octanol–water partition coefficient (Wildman–Crippen LogP) is 2.40. The van der Waals surface area contributed by atoms with Gasteiger partial charge >= 0.3 is 0 Å². The first kappa shape index (κ1) is 12.4. The Labute approximate surface area is 104 Å². The standard InChI is InChI=1S/C14H23N3/c1-3-12-6-7-15-14(9-12)16-10-13-5-4-8-17(2)11-13/h6-7,9,13H,3-5,8,10-11H2,1-2H3,(H,15,16). The summed E-state index contributed by atoms with van der Waals surface area (Å²) < 4.78 is 0. The highest BCUT2D eigenvalue weighted by atomic mass is 15.1. The summed E-state index contributed by atoms with van der Waals surface area (Å²) in [7, 11) is 2.21. The smallest absolute Gasteiger partial charge is 0.126 e. The van der Waals surface area contributed by atoms with Gasteiger partial charge in [0.25, 0.3) is 0 Å². The van der Waals surface area contributed by atoms with Crippen molar-refractivity contribution in [3.63, 3.8) is 0 Å². The molecule has 1 atom stereocenters. The molecule has 0 spiro atoms. The lowest BCUT2D eigenvalue weighted by molar-refractivity contribution is 0.217. The van der Waals surface area contributed by atoms with Crippen molar-refractivity contribution in [1.82, 2.24) is 9.88 Å². The molecule has 2 rings (SSSR count). The van der Waals surface area contributed by atoms with E-state index in [4.69, 9.17) is 0 Å². The molecule has 17 heavy (non-hydrogen) atoms. The van der Waals surface area contributed by atoms with Crippen molar-refractivity contribution in [2.75, 3.05) is 32.0 Å². The van der Waals surface area contributed by atoms with Gasteiger partial charge in [0, 0.05) is 19.3 Å². The second-order valence-electron chi connectivity index (χ2n) is 5.05. The van der Waals surface area contributed by atoms with E-state index in [1.54, 1.807) is 0 Å². The lowest BCUT2D eigenvalue weighted by Crippen LogP contribution is -2.35. The van der Waals surface area contributed by atoms with Gasteiger partial charge in [-0.1, -0.05) is 6.92 Å². The molecule has 0 amide bonds. The molecule has 0 radical (unpaired) electrons. The van der Waals surface area contributed by atoms with Crippen molar-refractivity contribution in [2.24, 2.45) is 5.92 Å². The monoisotopic (exact) mass is 233 g/mol. The Balaban J connectivity index is 1.84. The Kier molecular flexibility index (Phi) is 4.37. The molecule has 1 unspecified atom stereocenters. The van der Waals surface area contributed by atoms with E-state index in [1.807, 2.05) is 6.20 Å². The molecule has 2 heterocycles. The number of aromatic nitrogens is 1. The van der Waals surface area contributed by atoms with Crippen LogP contribution in [0.15, 0.2) is 18.3 Å².